The molecule has 3 N–H and O–H groups in total. The molecule has 32 heavy (non-hydrogen) atoms. The van der Waals surface area contributed by atoms with E-state index < -0.39 is 11.7 Å². The molecule has 1 aliphatic heterocycles. The predicted octanol–water partition coefficient (Wildman–Crippen LogP) is 3.15. The second-order valence-corrected chi connectivity index (χ2v) is 8.71. The number of halogens is 1. The molecule has 2 unspecified atom stereocenters. The molecule has 0 saturated carbocycles. The monoisotopic (exact) mass is 561 g/mol. The van der Waals surface area contributed by atoms with Crippen molar-refractivity contribution in [3.63, 3.8) is 0 Å². The predicted molar refractivity (Wildman–Crippen MR) is 140 cm³/mol. The summed E-state index contributed by atoms with van der Waals surface area (Å²) < 4.78 is 10.9. The van der Waals surface area contributed by atoms with E-state index in [9.17, 15) is 4.79 Å². The number of carbonyl (C=O) groups is 1. The van der Waals surface area contributed by atoms with Gasteiger partial charge in [0.2, 0.25) is 0 Å². The van der Waals surface area contributed by atoms with Gasteiger partial charge >= 0.3 is 6.09 Å². The molecule has 0 aliphatic carbocycles. The summed E-state index contributed by atoms with van der Waals surface area (Å²) in [5.74, 6) is 0.731. The van der Waals surface area contributed by atoms with E-state index in [1.165, 1.54) is 0 Å². The standard InChI is InChI=1S/C23H39N5O3.HI/c1-6-24-21(25-16-18(2)28-12-14-30-15-13-28)26-17-20(19-10-8-7-9-11-19)27-22(29)31-23(3,4)5;/h7-11,18,20H,6,12-17H2,1-5H3,(H,27,29)(H2,24,25,26);1H. The molecule has 2 atom stereocenters. The van der Waals surface area contributed by atoms with Crippen LogP contribution >= 0.6 is 24.0 Å². The highest BCUT2D eigenvalue weighted by molar-refractivity contribution is 14.0. The van der Waals surface area contributed by atoms with Crippen molar-refractivity contribution in [2.45, 2.75) is 52.3 Å². The lowest BCUT2D eigenvalue weighted by molar-refractivity contribution is 0.0220. The van der Waals surface area contributed by atoms with Gasteiger partial charge in [0.1, 0.15) is 5.60 Å². The fourth-order valence-electron chi connectivity index (χ4n) is 3.28. The molecular weight excluding hydrogens is 521 g/mol. The van der Waals surface area contributed by atoms with Crippen molar-refractivity contribution in [1.29, 1.82) is 0 Å². The molecule has 0 bridgehead atoms. The summed E-state index contributed by atoms with van der Waals surface area (Å²) in [4.78, 5) is 19.5. The maximum absolute atomic E-state index is 12.4. The second kappa shape index (κ2) is 14.5. The minimum Gasteiger partial charge on any atom is -0.444 e. The van der Waals surface area contributed by atoms with Gasteiger partial charge in [-0.3, -0.25) is 9.89 Å². The minimum atomic E-state index is -0.551. The van der Waals surface area contributed by atoms with Crippen molar-refractivity contribution < 1.29 is 14.3 Å². The van der Waals surface area contributed by atoms with Crippen molar-refractivity contribution in [2.24, 2.45) is 4.99 Å². The van der Waals surface area contributed by atoms with Crippen molar-refractivity contribution in [3.05, 3.63) is 35.9 Å². The maximum atomic E-state index is 12.4. The second-order valence-electron chi connectivity index (χ2n) is 8.71. The zero-order valence-corrected chi connectivity index (χ0v) is 22.3. The summed E-state index contributed by atoms with van der Waals surface area (Å²) in [6, 6.07) is 9.95. The Balaban J connectivity index is 0.00000512. The van der Waals surface area contributed by atoms with E-state index in [0.717, 1.165) is 44.4 Å². The lowest BCUT2D eigenvalue weighted by atomic mass is 10.1. The molecule has 1 amide bonds. The third-order valence-electron chi connectivity index (χ3n) is 4.89. The van der Waals surface area contributed by atoms with Crippen LogP contribution in [-0.4, -0.2) is 74.5 Å². The van der Waals surface area contributed by atoms with E-state index in [1.54, 1.807) is 0 Å². The van der Waals surface area contributed by atoms with Gasteiger partial charge in [-0.15, -0.1) is 24.0 Å². The highest BCUT2D eigenvalue weighted by Gasteiger charge is 2.21. The Morgan fingerprint density at radius 2 is 1.84 bits per heavy atom. The quantitative estimate of drug-likeness (QED) is 0.257. The van der Waals surface area contributed by atoms with Gasteiger partial charge in [-0.05, 0) is 40.2 Å². The van der Waals surface area contributed by atoms with Crippen LogP contribution in [0.4, 0.5) is 4.79 Å². The first-order chi connectivity index (χ1) is 14.8. The van der Waals surface area contributed by atoms with Crippen LogP contribution in [0.2, 0.25) is 0 Å². The number of ether oxygens (including phenoxy) is 2. The number of carbonyl (C=O) groups excluding carboxylic acids is 1. The largest absolute Gasteiger partial charge is 0.444 e. The molecule has 9 heteroatoms. The lowest BCUT2D eigenvalue weighted by Gasteiger charge is -2.31. The fraction of sp³-hybridized carbons (Fsp3) is 0.652. The Morgan fingerprint density at radius 1 is 1.19 bits per heavy atom. The Hall–Kier alpha value is -1.59. The maximum Gasteiger partial charge on any atom is 0.408 e. The highest BCUT2D eigenvalue weighted by atomic mass is 127. The summed E-state index contributed by atoms with van der Waals surface area (Å²) in [5, 5.41) is 9.64. The van der Waals surface area contributed by atoms with Gasteiger partial charge in [0.05, 0.1) is 25.8 Å². The van der Waals surface area contributed by atoms with Crippen molar-refractivity contribution in [3.8, 4) is 0 Å². The number of morpholine rings is 1. The molecule has 1 aromatic rings. The highest BCUT2D eigenvalue weighted by Crippen LogP contribution is 2.14. The smallest absolute Gasteiger partial charge is 0.408 e. The van der Waals surface area contributed by atoms with Gasteiger partial charge in [-0.1, -0.05) is 30.3 Å². The van der Waals surface area contributed by atoms with Crippen molar-refractivity contribution in [1.82, 2.24) is 20.9 Å². The lowest BCUT2D eigenvalue weighted by Crippen LogP contribution is -2.46. The number of hydrogen-bond donors (Lipinski definition) is 3. The van der Waals surface area contributed by atoms with Crippen LogP contribution in [0, 0.1) is 0 Å². The van der Waals surface area contributed by atoms with Crippen LogP contribution in [0.5, 0.6) is 0 Å². The van der Waals surface area contributed by atoms with Crippen LogP contribution in [0.15, 0.2) is 35.3 Å². The van der Waals surface area contributed by atoms with Gasteiger partial charge in [-0.2, -0.15) is 0 Å². The van der Waals surface area contributed by atoms with Gasteiger partial charge < -0.3 is 25.4 Å². The molecule has 0 aromatic heterocycles. The number of nitrogens with one attached hydrogen (secondary N) is 3. The third kappa shape index (κ3) is 10.8. The number of aliphatic imine (C=N–C) groups is 1. The first kappa shape index (κ1) is 28.4. The van der Waals surface area contributed by atoms with Crippen LogP contribution in [0.1, 0.15) is 46.2 Å². The number of benzene rings is 1. The number of hydrogen-bond acceptors (Lipinski definition) is 5. The first-order valence-electron chi connectivity index (χ1n) is 11.2. The molecule has 2 rings (SSSR count). The number of nitrogens with zero attached hydrogens (tertiary/aromatic N) is 2. The number of amides is 1. The molecule has 182 valence electrons. The van der Waals surface area contributed by atoms with E-state index >= 15 is 0 Å². The fourth-order valence-corrected chi connectivity index (χ4v) is 3.28. The van der Waals surface area contributed by atoms with E-state index in [0.29, 0.717) is 19.1 Å². The average molecular weight is 562 g/mol. The topological polar surface area (TPSA) is 87.2 Å². The SMILES string of the molecule is CCNC(=NCC(C)N1CCOCC1)NCC(NC(=O)OC(C)(C)C)c1ccccc1.I. The van der Waals surface area contributed by atoms with E-state index in [2.05, 4.69) is 27.8 Å². The normalized spacial score (nSPS) is 17.0. The average Bonchev–Trinajstić information content (AvgIpc) is 2.74. The summed E-state index contributed by atoms with van der Waals surface area (Å²) in [6.45, 7) is 15.2. The number of guanidine groups is 1. The summed E-state index contributed by atoms with van der Waals surface area (Å²) in [5.41, 5.74) is 0.448. The molecule has 0 radical (unpaired) electrons. The van der Waals surface area contributed by atoms with Crippen LogP contribution < -0.4 is 16.0 Å². The van der Waals surface area contributed by atoms with E-state index in [4.69, 9.17) is 14.5 Å². The summed E-state index contributed by atoms with van der Waals surface area (Å²) >= 11 is 0. The van der Waals surface area contributed by atoms with Gasteiger partial charge in [0, 0.05) is 32.2 Å². The molecule has 8 nitrogen and oxygen atoms in total. The zero-order valence-electron chi connectivity index (χ0n) is 20.0. The van der Waals surface area contributed by atoms with Crippen LogP contribution in [0.3, 0.4) is 0 Å². The minimum absolute atomic E-state index is 0. The number of rotatable bonds is 8. The van der Waals surface area contributed by atoms with E-state index in [-0.39, 0.29) is 30.0 Å². The molecule has 1 saturated heterocycles. The van der Waals surface area contributed by atoms with Crippen LogP contribution in [0.25, 0.3) is 0 Å². The Bertz CT molecular complexity index is 691. The van der Waals surface area contributed by atoms with Crippen LogP contribution in [-0.2, 0) is 9.47 Å². The Labute approximate surface area is 209 Å². The molecule has 1 heterocycles. The molecular formula is C23H40IN5O3. The van der Waals surface area contributed by atoms with Gasteiger partial charge in [-0.25, -0.2) is 4.79 Å². The zero-order chi connectivity index (χ0) is 22.7. The van der Waals surface area contributed by atoms with Crippen molar-refractivity contribution in [2.75, 3.05) is 45.9 Å². The van der Waals surface area contributed by atoms with Crippen molar-refractivity contribution >= 4 is 36.0 Å². The Morgan fingerprint density at radius 3 is 2.44 bits per heavy atom. The third-order valence-corrected chi connectivity index (χ3v) is 4.89. The molecule has 1 aromatic carbocycles. The van der Waals surface area contributed by atoms with Gasteiger partial charge in [0.15, 0.2) is 5.96 Å². The summed E-state index contributed by atoms with van der Waals surface area (Å²) in [7, 11) is 0. The molecule has 1 fully saturated rings. The first-order valence-corrected chi connectivity index (χ1v) is 11.2. The summed E-state index contributed by atoms with van der Waals surface area (Å²) in [6.07, 6.45) is -0.439. The molecule has 1 aliphatic rings. The number of alkyl carbamates (subject to hydrolysis) is 1. The Kier molecular flexibility index (Phi) is 12.9. The van der Waals surface area contributed by atoms with E-state index in [1.807, 2.05) is 58.0 Å². The van der Waals surface area contributed by atoms with Gasteiger partial charge in [0.25, 0.3) is 0 Å². The molecule has 0 spiro atoms.